The molecule has 0 spiro atoms. The molecule has 4 aromatic rings. The van der Waals surface area contributed by atoms with Gasteiger partial charge in [-0.25, -0.2) is 0 Å². The van der Waals surface area contributed by atoms with Crippen LogP contribution in [0.5, 0.6) is 11.5 Å². The standard InChI is InChI=1S/C25H23ClO3/c26-14-17-28-15-5-16-29-23-13-11-19-7-2-4-9-21(19)25(23)24-20-8-3-1-6-18(20)10-12-22(24)27/h1-4,6-13,27H,5,14-17H2. The summed E-state index contributed by atoms with van der Waals surface area (Å²) in [4.78, 5) is 0. The van der Waals surface area contributed by atoms with Gasteiger partial charge in [0, 0.05) is 30.0 Å². The minimum atomic E-state index is 0.246. The smallest absolute Gasteiger partial charge is 0.127 e. The second-order valence-corrected chi connectivity index (χ2v) is 7.22. The van der Waals surface area contributed by atoms with E-state index in [0.717, 1.165) is 44.8 Å². The molecule has 4 heteroatoms. The first-order chi connectivity index (χ1) is 14.3. The van der Waals surface area contributed by atoms with Gasteiger partial charge >= 0.3 is 0 Å². The number of phenolic OH excluding ortho intramolecular Hbond substituents is 1. The second kappa shape index (κ2) is 9.17. The van der Waals surface area contributed by atoms with Crippen LogP contribution in [0.3, 0.4) is 0 Å². The fraction of sp³-hybridized carbons (Fsp3) is 0.200. The zero-order chi connectivity index (χ0) is 20.1. The molecule has 0 fully saturated rings. The lowest BCUT2D eigenvalue weighted by molar-refractivity contribution is 0.132. The van der Waals surface area contributed by atoms with Gasteiger partial charge in [0.15, 0.2) is 0 Å². The molecule has 0 aliphatic heterocycles. The third kappa shape index (κ3) is 4.16. The van der Waals surface area contributed by atoms with Crippen LogP contribution in [0.4, 0.5) is 0 Å². The van der Waals surface area contributed by atoms with Crippen LogP contribution in [0.1, 0.15) is 6.42 Å². The maximum atomic E-state index is 10.8. The zero-order valence-corrected chi connectivity index (χ0v) is 16.9. The quantitative estimate of drug-likeness (QED) is 0.272. The Morgan fingerprint density at radius 2 is 1.34 bits per heavy atom. The predicted octanol–water partition coefficient (Wildman–Crippen LogP) is 6.39. The van der Waals surface area contributed by atoms with Crippen LogP contribution in [-0.2, 0) is 4.74 Å². The van der Waals surface area contributed by atoms with E-state index in [1.165, 1.54) is 0 Å². The Morgan fingerprint density at radius 3 is 2.07 bits per heavy atom. The molecule has 0 atom stereocenters. The maximum Gasteiger partial charge on any atom is 0.127 e. The fourth-order valence-electron chi connectivity index (χ4n) is 3.65. The van der Waals surface area contributed by atoms with Crippen molar-refractivity contribution in [3.05, 3.63) is 72.8 Å². The molecule has 148 valence electrons. The van der Waals surface area contributed by atoms with Crippen molar-refractivity contribution in [2.24, 2.45) is 0 Å². The Labute approximate surface area is 175 Å². The molecule has 0 saturated carbocycles. The van der Waals surface area contributed by atoms with E-state index in [4.69, 9.17) is 21.1 Å². The number of halogens is 1. The summed E-state index contributed by atoms with van der Waals surface area (Å²) < 4.78 is 11.6. The van der Waals surface area contributed by atoms with E-state index < -0.39 is 0 Å². The number of hydrogen-bond donors (Lipinski definition) is 1. The Balaban J connectivity index is 1.79. The molecule has 0 aliphatic rings. The van der Waals surface area contributed by atoms with E-state index in [0.29, 0.717) is 25.7 Å². The third-order valence-corrected chi connectivity index (χ3v) is 5.11. The van der Waals surface area contributed by atoms with Crippen LogP contribution in [0, 0.1) is 0 Å². The van der Waals surface area contributed by atoms with Crippen LogP contribution in [0.15, 0.2) is 72.8 Å². The highest BCUT2D eigenvalue weighted by Crippen LogP contribution is 2.44. The average Bonchev–Trinajstić information content (AvgIpc) is 2.76. The van der Waals surface area contributed by atoms with Crippen LogP contribution in [0.2, 0.25) is 0 Å². The van der Waals surface area contributed by atoms with Crippen LogP contribution >= 0.6 is 11.6 Å². The van der Waals surface area contributed by atoms with E-state index in [-0.39, 0.29) is 5.75 Å². The molecule has 29 heavy (non-hydrogen) atoms. The van der Waals surface area contributed by atoms with Crippen molar-refractivity contribution in [2.45, 2.75) is 6.42 Å². The number of rotatable bonds is 8. The summed E-state index contributed by atoms with van der Waals surface area (Å²) in [7, 11) is 0. The molecule has 1 N–H and O–H groups in total. The molecule has 0 unspecified atom stereocenters. The number of phenols is 1. The SMILES string of the molecule is Oc1ccc2ccccc2c1-c1c(OCCCOCCCl)ccc2ccccc12. The molecular formula is C25H23ClO3. The fourth-order valence-corrected chi connectivity index (χ4v) is 3.76. The largest absolute Gasteiger partial charge is 0.507 e. The number of alkyl halides is 1. The summed E-state index contributed by atoms with van der Waals surface area (Å²) in [6, 6.07) is 24.0. The van der Waals surface area contributed by atoms with E-state index in [1.807, 2.05) is 42.5 Å². The zero-order valence-electron chi connectivity index (χ0n) is 16.1. The first kappa shape index (κ1) is 19.6. The van der Waals surface area contributed by atoms with Crippen molar-refractivity contribution in [2.75, 3.05) is 25.7 Å². The van der Waals surface area contributed by atoms with E-state index >= 15 is 0 Å². The Morgan fingerprint density at radius 1 is 0.690 bits per heavy atom. The van der Waals surface area contributed by atoms with Crippen LogP contribution in [0.25, 0.3) is 32.7 Å². The monoisotopic (exact) mass is 406 g/mol. The minimum Gasteiger partial charge on any atom is -0.507 e. The summed E-state index contributed by atoms with van der Waals surface area (Å²) in [5.74, 6) is 1.50. The molecule has 3 nitrogen and oxygen atoms in total. The molecule has 0 bridgehead atoms. The van der Waals surface area contributed by atoms with Gasteiger partial charge in [-0.05, 0) is 33.7 Å². The molecule has 0 aliphatic carbocycles. The van der Waals surface area contributed by atoms with Crippen LogP contribution < -0.4 is 4.74 Å². The number of benzene rings is 4. The lowest BCUT2D eigenvalue weighted by Gasteiger charge is -2.17. The van der Waals surface area contributed by atoms with Crippen molar-refractivity contribution in [3.63, 3.8) is 0 Å². The molecular weight excluding hydrogens is 384 g/mol. The van der Waals surface area contributed by atoms with E-state index in [2.05, 4.69) is 24.3 Å². The molecule has 4 aromatic carbocycles. The molecule has 0 radical (unpaired) electrons. The van der Waals surface area contributed by atoms with E-state index in [1.54, 1.807) is 6.07 Å². The van der Waals surface area contributed by atoms with Crippen molar-refractivity contribution in [1.29, 1.82) is 0 Å². The highest BCUT2D eigenvalue weighted by molar-refractivity contribution is 6.18. The van der Waals surface area contributed by atoms with Gasteiger partial charge in [0.2, 0.25) is 0 Å². The first-order valence-corrected chi connectivity index (χ1v) is 10.3. The minimum absolute atomic E-state index is 0.246. The van der Waals surface area contributed by atoms with Crippen LogP contribution in [-0.4, -0.2) is 30.8 Å². The summed E-state index contributed by atoms with van der Waals surface area (Å²) in [6.07, 6.45) is 0.769. The number of hydrogen-bond acceptors (Lipinski definition) is 3. The number of aromatic hydroxyl groups is 1. The maximum absolute atomic E-state index is 10.8. The van der Waals surface area contributed by atoms with Crippen molar-refractivity contribution >= 4 is 33.1 Å². The van der Waals surface area contributed by atoms with Gasteiger partial charge in [0.25, 0.3) is 0 Å². The third-order valence-electron chi connectivity index (χ3n) is 4.96. The normalized spacial score (nSPS) is 11.2. The molecule has 0 amide bonds. The number of fused-ring (bicyclic) bond motifs is 2. The lowest BCUT2D eigenvalue weighted by Crippen LogP contribution is -2.05. The molecule has 0 heterocycles. The summed E-state index contributed by atoms with van der Waals surface area (Å²) in [6.45, 7) is 1.68. The van der Waals surface area contributed by atoms with Crippen molar-refractivity contribution in [3.8, 4) is 22.6 Å². The lowest BCUT2D eigenvalue weighted by atomic mass is 9.92. The van der Waals surface area contributed by atoms with Gasteiger partial charge in [-0.15, -0.1) is 11.6 Å². The van der Waals surface area contributed by atoms with Crippen molar-refractivity contribution in [1.82, 2.24) is 0 Å². The van der Waals surface area contributed by atoms with Gasteiger partial charge < -0.3 is 14.6 Å². The first-order valence-electron chi connectivity index (χ1n) is 9.79. The summed E-state index contributed by atoms with van der Waals surface area (Å²) >= 11 is 5.64. The molecule has 0 aromatic heterocycles. The topological polar surface area (TPSA) is 38.7 Å². The highest BCUT2D eigenvalue weighted by atomic mass is 35.5. The Bertz CT molecular complexity index is 1120. The van der Waals surface area contributed by atoms with Gasteiger partial charge in [0.05, 0.1) is 13.2 Å². The predicted molar refractivity (Wildman–Crippen MR) is 120 cm³/mol. The molecule has 0 saturated heterocycles. The summed E-state index contributed by atoms with van der Waals surface area (Å²) in [5, 5.41) is 15.1. The summed E-state index contributed by atoms with van der Waals surface area (Å²) in [5.41, 5.74) is 1.72. The highest BCUT2D eigenvalue weighted by Gasteiger charge is 2.17. The number of ether oxygens (including phenoxy) is 2. The Kier molecular flexibility index (Phi) is 6.18. The molecule has 4 rings (SSSR count). The second-order valence-electron chi connectivity index (χ2n) is 6.84. The Hall–Kier alpha value is -2.75. The average molecular weight is 407 g/mol. The van der Waals surface area contributed by atoms with Gasteiger partial charge in [-0.1, -0.05) is 60.7 Å². The van der Waals surface area contributed by atoms with Gasteiger partial charge in [0.1, 0.15) is 11.5 Å². The van der Waals surface area contributed by atoms with Gasteiger partial charge in [-0.2, -0.15) is 0 Å². The van der Waals surface area contributed by atoms with E-state index in [9.17, 15) is 5.11 Å². The van der Waals surface area contributed by atoms with Crippen molar-refractivity contribution < 1.29 is 14.6 Å². The van der Waals surface area contributed by atoms with Gasteiger partial charge in [-0.3, -0.25) is 0 Å².